The third kappa shape index (κ3) is 3.96. The molecule has 2 heterocycles. The Labute approximate surface area is 167 Å². The van der Waals surface area contributed by atoms with Crippen LogP contribution in [0.5, 0.6) is 0 Å². The second-order valence-electron chi connectivity index (χ2n) is 7.11. The molecule has 0 saturated heterocycles. The molecule has 2 nitrogen and oxygen atoms in total. The topological polar surface area (TPSA) is 8.17 Å². The number of aryl methyl sites for hydroxylation is 1. The van der Waals surface area contributed by atoms with Gasteiger partial charge in [-0.2, -0.15) is 13.2 Å². The van der Waals surface area contributed by atoms with E-state index in [1.807, 2.05) is 30.3 Å². The number of benzene rings is 2. The summed E-state index contributed by atoms with van der Waals surface area (Å²) in [5, 5.41) is 0.652. The van der Waals surface area contributed by atoms with Crippen LogP contribution in [0.4, 0.5) is 13.2 Å². The van der Waals surface area contributed by atoms with E-state index in [2.05, 4.69) is 21.7 Å². The van der Waals surface area contributed by atoms with Crippen LogP contribution in [0.3, 0.4) is 0 Å². The summed E-state index contributed by atoms with van der Waals surface area (Å²) in [6.45, 7) is 2.11. The van der Waals surface area contributed by atoms with Gasteiger partial charge >= 0.3 is 6.18 Å². The van der Waals surface area contributed by atoms with Gasteiger partial charge in [0.2, 0.25) is 0 Å². The smallest absolute Gasteiger partial charge is 0.350 e. The number of alkyl halides is 3. The largest absolute Gasteiger partial charge is 0.416 e. The summed E-state index contributed by atoms with van der Waals surface area (Å²) in [7, 11) is 0. The monoisotopic (exact) mass is 404 g/mol. The maximum absolute atomic E-state index is 13.1. The first-order valence-corrected chi connectivity index (χ1v) is 9.60. The Balaban J connectivity index is 1.72. The molecule has 0 fully saturated rings. The van der Waals surface area contributed by atoms with Crippen molar-refractivity contribution in [3.8, 4) is 0 Å². The summed E-state index contributed by atoms with van der Waals surface area (Å²) in [5.41, 5.74) is 2.22. The van der Waals surface area contributed by atoms with Gasteiger partial charge in [0.1, 0.15) is 0 Å². The zero-order valence-corrected chi connectivity index (χ0v) is 15.9. The van der Waals surface area contributed by atoms with Crippen molar-refractivity contribution in [2.75, 3.05) is 6.54 Å². The highest BCUT2D eigenvalue weighted by molar-refractivity contribution is 6.30. The summed E-state index contributed by atoms with van der Waals surface area (Å²) < 4.78 is 41.6. The molecule has 1 aromatic heterocycles. The Bertz CT molecular complexity index is 964. The van der Waals surface area contributed by atoms with Gasteiger partial charge in [-0.25, -0.2) is 0 Å². The molecular weight excluding hydrogens is 385 g/mol. The third-order valence-corrected chi connectivity index (χ3v) is 5.39. The Kier molecular flexibility index (Phi) is 5.21. The maximum Gasteiger partial charge on any atom is 0.416 e. The number of hydrogen-bond acceptors (Lipinski definition) is 1. The van der Waals surface area contributed by atoms with E-state index in [0.717, 1.165) is 36.8 Å². The fourth-order valence-corrected chi connectivity index (χ4v) is 4.15. The molecule has 1 atom stereocenters. The van der Waals surface area contributed by atoms with Gasteiger partial charge in [-0.1, -0.05) is 41.9 Å². The van der Waals surface area contributed by atoms with E-state index in [1.165, 1.54) is 12.1 Å². The third-order valence-electron chi connectivity index (χ3n) is 5.16. The lowest BCUT2D eigenvalue weighted by Crippen LogP contribution is -2.29. The van der Waals surface area contributed by atoms with Gasteiger partial charge in [0.05, 0.1) is 11.6 Å². The molecule has 6 heteroatoms. The van der Waals surface area contributed by atoms with Crippen molar-refractivity contribution in [1.82, 2.24) is 9.47 Å². The van der Waals surface area contributed by atoms with Crippen LogP contribution in [-0.2, 0) is 19.3 Å². The maximum atomic E-state index is 13.1. The van der Waals surface area contributed by atoms with Crippen LogP contribution in [0.25, 0.3) is 0 Å². The van der Waals surface area contributed by atoms with Crippen LogP contribution >= 0.6 is 11.6 Å². The SMILES string of the molecule is FC(F)(F)c1cccc(CN2CCCn3cccc3C2c2cccc(Cl)c2)c1. The number of rotatable bonds is 3. The Morgan fingerprint density at radius 3 is 2.57 bits per heavy atom. The first-order valence-electron chi connectivity index (χ1n) is 9.22. The van der Waals surface area contributed by atoms with Crippen molar-refractivity contribution in [1.29, 1.82) is 0 Å². The molecule has 3 aromatic rings. The number of hydrogen-bond donors (Lipinski definition) is 0. The van der Waals surface area contributed by atoms with Crippen LogP contribution in [0.15, 0.2) is 66.9 Å². The lowest BCUT2D eigenvalue weighted by atomic mass is 10.0. The molecule has 1 aliphatic heterocycles. The summed E-state index contributed by atoms with van der Waals surface area (Å²) in [5.74, 6) is 0. The van der Waals surface area contributed by atoms with Gasteiger partial charge < -0.3 is 4.57 Å². The van der Waals surface area contributed by atoms with Crippen molar-refractivity contribution < 1.29 is 13.2 Å². The number of fused-ring (bicyclic) bond motifs is 1. The Morgan fingerprint density at radius 2 is 1.79 bits per heavy atom. The standard InChI is InChI=1S/C22H20ClF3N2/c23-19-8-2-6-17(14-19)21-20-9-3-10-27(20)11-4-12-28(21)15-16-5-1-7-18(13-16)22(24,25)26/h1-3,5-10,13-14,21H,4,11-12,15H2. The number of halogens is 4. The molecule has 28 heavy (non-hydrogen) atoms. The average molecular weight is 405 g/mol. The lowest BCUT2D eigenvalue weighted by Gasteiger charge is -2.31. The van der Waals surface area contributed by atoms with Crippen LogP contribution in [-0.4, -0.2) is 16.0 Å². The molecule has 0 saturated carbocycles. The van der Waals surface area contributed by atoms with Gasteiger partial charge in [0, 0.05) is 36.5 Å². The van der Waals surface area contributed by atoms with E-state index in [4.69, 9.17) is 11.6 Å². The van der Waals surface area contributed by atoms with Crippen LogP contribution < -0.4 is 0 Å². The van der Waals surface area contributed by atoms with Gasteiger partial charge in [-0.05, 0) is 47.9 Å². The van der Waals surface area contributed by atoms with E-state index in [9.17, 15) is 13.2 Å². The molecule has 0 aliphatic carbocycles. The molecule has 1 aliphatic rings. The second kappa shape index (κ2) is 7.64. The minimum absolute atomic E-state index is 0.0641. The Hall–Kier alpha value is -2.24. The molecule has 0 spiro atoms. The summed E-state index contributed by atoms with van der Waals surface area (Å²) in [6.07, 6.45) is -1.35. The molecule has 1 unspecified atom stereocenters. The van der Waals surface area contributed by atoms with Crippen molar-refractivity contribution >= 4 is 11.6 Å². The van der Waals surface area contributed by atoms with Crippen LogP contribution in [0.2, 0.25) is 5.02 Å². The summed E-state index contributed by atoms with van der Waals surface area (Å²) in [6, 6.07) is 17.3. The highest BCUT2D eigenvalue weighted by Crippen LogP contribution is 2.35. The van der Waals surface area contributed by atoms with Crippen molar-refractivity contribution in [2.24, 2.45) is 0 Å². The summed E-state index contributed by atoms with van der Waals surface area (Å²) >= 11 is 6.23. The second-order valence-corrected chi connectivity index (χ2v) is 7.54. The van der Waals surface area contributed by atoms with Crippen LogP contribution in [0.1, 0.15) is 34.8 Å². The number of nitrogens with zero attached hydrogens (tertiary/aromatic N) is 2. The highest BCUT2D eigenvalue weighted by atomic mass is 35.5. The highest BCUT2D eigenvalue weighted by Gasteiger charge is 2.31. The molecule has 4 rings (SSSR count). The minimum Gasteiger partial charge on any atom is -0.350 e. The number of aromatic nitrogens is 1. The lowest BCUT2D eigenvalue weighted by molar-refractivity contribution is -0.137. The molecule has 0 N–H and O–H groups in total. The van der Waals surface area contributed by atoms with Crippen molar-refractivity contribution in [3.63, 3.8) is 0 Å². The van der Waals surface area contributed by atoms with Crippen molar-refractivity contribution in [2.45, 2.75) is 31.7 Å². The fourth-order valence-electron chi connectivity index (χ4n) is 3.95. The quantitative estimate of drug-likeness (QED) is 0.508. The van der Waals surface area contributed by atoms with Crippen LogP contribution in [0, 0.1) is 0 Å². The van der Waals surface area contributed by atoms with E-state index in [1.54, 1.807) is 6.07 Å². The summed E-state index contributed by atoms with van der Waals surface area (Å²) in [4.78, 5) is 2.24. The molecule has 0 radical (unpaired) electrons. The predicted molar refractivity (Wildman–Crippen MR) is 104 cm³/mol. The van der Waals surface area contributed by atoms with E-state index in [-0.39, 0.29) is 6.04 Å². The molecule has 0 bridgehead atoms. The molecule has 0 amide bonds. The van der Waals surface area contributed by atoms with Gasteiger partial charge in [-0.3, -0.25) is 4.90 Å². The molecular formula is C22H20ClF3N2. The minimum atomic E-state index is -4.34. The van der Waals surface area contributed by atoms with Gasteiger partial charge in [0.15, 0.2) is 0 Å². The van der Waals surface area contributed by atoms with E-state index in [0.29, 0.717) is 17.1 Å². The van der Waals surface area contributed by atoms with E-state index < -0.39 is 11.7 Å². The average Bonchev–Trinajstić information content (AvgIpc) is 3.03. The molecule has 2 aromatic carbocycles. The normalized spacial score (nSPS) is 17.9. The van der Waals surface area contributed by atoms with E-state index >= 15 is 0 Å². The van der Waals surface area contributed by atoms with Gasteiger partial charge in [-0.15, -0.1) is 0 Å². The van der Waals surface area contributed by atoms with Crippen molar-refractivity contribution in [3.05, 3.63) is 94.3 Å². The van der Waals surface area contributed by atoms with Gasteiger partial charge in [0.25, 0.3) is 0 Å². The Morgan fingerprint density at radius 1 is 0.964 bits per heavy atom. The molecule has 146 valence electrons. The fraction of sp³-hybridized carbons (Fsp3) is 0.273. The first-order chi connectivity index (χ1) is 13.4. The zero-order chi connectivity index (χ0) is 19.7. The predicted octanol–water partition coefficient (Wildman–Crippen LogP) is 6.16. The first kappa shape index (κ1) is 19.1. The zero-order valence-electron chi connectivity index (χ0n) is 15.2.